The van der Waals surface area contributed by atoms with Crippen LogP contribution in [0.1, 0.15) is 25.8 Å². The molecule has 0 saturated carbocycles. The summed E-state index contributed by atoms with van der Waals surface area (Å²) in [5.74, 6) is -0.141. The lowest BCUT2D eigenvalue weighted by molar-refractivity contribution is -0.117. The highest BCUT2D eigenvalue weighted by Gasteiger charge is 2.27. The van der Waals surface area contributed by atoms with Gasteiger partial charge in [0.15, 0.2) is 0 Å². The maximum Gasteiger partial charge on any atom is 0.209 e. The molecule has 5 heteroatoms. The third kappa shape index (κ3) is 3.08. The Labute approximate surface area is 141 Å². The lowest BCUT2D eigenvalue weighted by Crippen LogP contribution is -2.39. The number of fused-ring (bicyclic) bond motifs is 2. The van der Waals surface area contributed by atoms with E-state index in [4.69, 9.17) is 0 Å². The molecule has 0 radical (unpaired) electrons. The van der Waals surface area contributed by atoms with Gasteiger partial charge in [0, 0.05) is 36.8 Å². The number of hydrogen-bond donors (Lipinski definition) is 1. The highest BCUT2D eigenvalue weighted by Crippen LogP contribution is 2.35. The molecule has 1 atom stereocenters. The van der Waals surface area contributed by atoms with E-state index in [-0.39, 0.29) is 5.82 Å². The van der Waals surface area contributed by atoms with Gasteiger partial charge >= 0.3 is 0 Å². The molecule has 4 nitrogen and oxygen atoms in total. The summed E-state index contributed by atoms with van der Waals surface area (Å²) in [6, 6.07) is 5.63. The number of amides is 1. The first-order chi connectivity index (χ1) is 11.7. The molecule has 0 bridgehead atoms. The van der Waals surface area contributed by atoms with Gasteiger partial charge in [-0.05, 0) is 50.6 Å². The standard InChI is InChI=1S/C14H13FN2.C5H11NO/c15-10-6-9-3-5-17-8-13-11(2-1-4-16-13)12(7-10)14(9)17;1-3-6(4-2)5-7/h2-3,5-7,13,16H,1,4,8H2;5H,3-4H2,1-2H3. The summed E-state index contributed by atoms with van der Waals surface area (Å²) in [6.45, 7) is 7.52. The van der Waals surface area contributed by atoms with E-state index >= 15 is 0 Å². The topological polar surface area (TPSA) is 37.3 Å². The van der Waals surface area contributed by atoms with Crippen molar-refractivity contribution >= 4 is 22.9 Å². The molecule has 0 spiro atoms. The van der Waals surface area contributed by atoms with Crippen LogP contribution >= 0.6 is 0 Å². The van der Waals surface area contributed by atoms with Gasteiger partial charge in [-0.1, -0.05) is 6.08 Å². The van der Waals surface area contributed by atoms with E-state index < -0.39 is 0 Å². The maximum atomic E-state index is 13.6. The monoisotopic (exact) mass is 329 g/mol. The summed E-state index contributed by atoms with van der Waals surface area (Å²) in [4.78, 5) is 11.6. The minimum Gasteiger partial charge on any atom is -0.346 e. The lowest BCUT2D eigenvalue weighted by atomic mass is 9.90. The third-order valence-electron chi connectivity index (χ3n) is 4.75. The fraction of sp³-hybridized carbons (Fsp3) is 0.421. The first-order valence-electron chi connectivity index (χ1n) is 8.59. The summed E-state index contributed by atoms with van der Waals surface area (Å²) in [7, 11) is 0. The van der Waals surface area contributed by atoms with Crippen molar-refractivity contribution in [2.45, 2.75) is 32.9 Å². The second-order valence-corrected chi connectivity index (χ2v) is 6.14. The minimum atomic E-state index is -0.141. The van der Waals surface area contributed by atoms with Crippen LogP contribution in [0.25, 0.3) is 16.5 Å². The molecule has 2 aliphatic heterocycles. The summed E-state index contributed by atoms with van der Waals surface area (Å²) >= 11 is 0. The van der Waals surface area contributed by atoms with E-state index in [0.717, 1.165) is 50.0 Å². The Morgan fingerprint density at radius 1 is 1.38 bits per heavy atom. The molecule has 2 aromatic rings. The van der Waals surface area contributed by atoms with Crippen molar-refractivity contribution < 1.29 is 9.18 Å². The molecule has 1 aromatic heterocycles. The highest BCUT2D eigenvalue weighted by atomic mass is 19.1. The van der Waals surface area contributed by atoms with Gasteiger partial charge < -0.3 is 14.8 Å². The molecule has 1 aromatic carbocycles. The SMILES string of the molecule is CCN(C=O)CC.Fc1cc2c3c(ccn3CC3NCCC=C23)c1. The predicted octanol–water partition coefficient (Wildman–Crippen LogP) is 3.02. The number of aromatic nitrogens is 1. The van der Waals surface area contributed by atoms with Crippen LogP contribution < -0.4 is 5.32 Å². The van der Waals surface area contributed by atoms with E-state index in [1.165, 1.54) is 11.1 Å². The Hall–Kier alpha value is -2.14. The number of halogens is 1. The van der Waals surface area contributed by atoms with Gasteiger partial charge in [0.1, 0.15) is 5.82 Å². The number of benzene rings is 1. The molecule has 1 unspecified atom stereocenters. The molecular formula is C19H24FN3O. The minimum absolute atomic E-state index is 0.141. The zero-order valence-electron chi connectivity index (χ0n) is 14.3. The fourth-order valence-electron chi connectivity index (χ4n) is 3.45. The number of rotatable bonds is 3. The van der Waals surface area contributed by atoms with Crippen LogP contribution in [0, 0.1) is 5.82 Å². The Morgan fingerprint density at radius 3 is 2.83 bits per heavy atom. The first kappa shape index (κ1) is 16.7. The summed E-state index contributed by atoms with van der Waals surface area (Å²) in [6.07, 6.45) is 6.21. The molecule has 2 aliphatic rings. The van der Waals surface area contributed by atoms with Gasteiger partial charge in [0.2, 0.25) is 6.41 Å². The molecule has 24 heavy (non-hydrogen) atoms. The third-order valence-corrected chi connectivity index (χ3v) is 4.75. The second kappa shape index (κ2) is 7.18. The zero-order chi connectivity index (χ0) is 17.1. The molecule has 3 heterocycles. The number of nitrogens with zero attached hydrogens (tertiary/aromatic N) is 2. The molecule has 0 saturated heterocycles. The van der Waals surface area contributed by atoms with Gasteiger partial charge in [-0.3, -0.25) is 4.79 Å². The van der Waals surface area contributed by atoms with Crippen molar-refractivity contribution in [2.75, 3.05) is 19.6 Å². The van der Waals surface area contributed by atoms with E-state index in [1.54, 1.807) is 17.0 Å². The van der Waals surface area contributed by atoms with Crippen molar-refractivity contribution in [1.29, 1.82) is 0 Å². The number of hydrogen-bond acceptors (Lipinski definition) is 2. The Kier molecular flexibility index (Phi) is 5.00. The van der Waals surface area contributed by atoms with Crippen molar-refractivity contribution in [3.63, 3.8) is 0 Å². The van der Waals surface area contributed by atoms with Crippen molar-refractivity contribution in [2.24, 2.45) is 0 Å². The van der Waals surface area contributed by atoms with E-state index in [1.807, 2.05) is 19.9 Å². The van der Waals surface area contributed by atoms with Crippen molar-refractivity contribution in [3.05, 3.63) is 41.9 Å². The van der Waals surface area contributed by atoms with Crippen LogP contribution in [-0.2, 0) is 11.3 Å². The molecule has 128 valence electrons. The van der Waals surface area contributed by atoms with Gasteiger partial charge in [-0.15, -0.1) is 0 Å². The van der Waals surface area contributed by atoms with Crippen LogP contribution in [0.3, 0.4) is 0 Å². The van der Waals surface area contributed by atoms with Gasteiger partial charge in [-0.2, -0.15) is 0 Å². The fourth-order valence-corrected chi connectivity index (χ4v) is 3.45. The van der Waals surface area contributed by atoms with Crippen molar-refractivity contribution in [1.82, 2.24) is 14.8 Å². The molecular weight excluding hydrogens is 305 g/mol. The van der Waals surface area contributed by atoms with E-state index in [9.17, 15) is 9.18 Å². The lowest BCUT2D eigenvalue weighted by Gasteiger charge is -2.31. The van der Waals surface area contributed by atoms with Crippen LogP contribution in [-0.4, -0.2) is 41.6 Å². The van der Waals surface area contributed by atoms with Crippen LogP contribution in [0.4, 0.5) is 4.39 Å². The van der Waals surface area contributed by atoms with Crippen LogP contribution in [0.2, 0.25) is 0 Å². The largest absolute Gasteiger partial charge is 0.346 e. The van der Waals surface area contributed by atoms with Gasteiger partial charge in [0.25, 0.3) is 0 Å². The first-order valence-corrected chi connectivity index (χ1v) is 8.59. The van der Waals surface area contributed by atoms with E-state index in [0.29, 0.717) is 6.04 Å². The summed E-state index contributed by atoms with van der Waals surface area (Å²) in [5, 5.41) is 4.51. The zero-order valence-corrected chi connectivity index (χ0v) is 14.3. The Balaban J connectivity index is 0.000000209. The smallest absolute Gasteiger partial charge is 0.209 e. The molecule has 1 N–H and O–H groups in total. The summed E-state index contributed by atoms with van der Waals surface area (Å²) in [5.41, 5.74) is 3.51. The average Bonchev–Trinajstić information content (AvgIpc) is 3.00. The second-order valence-electron chi connectivity index (χ2n) is 6.14. The molecule has 4 rings (SSSR count). The highest BCUT2D eigenvalue weighted by molar-refractivity contribution is 5.94. The van der Waals surface area contributed by atoms with E-state index in [2.05, 4.69) is 22.2 Å². The molecule has 0 aliphatic carbocycles. The number of carbonyl (C=O) groups excluding carboxylic acids is 1. The van der Waals surface area contributed by atoms with Gasteiger partial charge in [0.05, 0.1) is 11.6 Å². The van der Waals surface area contributed by atoms with Crippen molar-refractivity contribution in [3.8, 4) is 0 Å². The number of nitrogens with one attached hydrogen (secondary N) is 1. The molecule has 1 amide bonds. The number of carbonyl (C=O) groups is 1. The Morgan fingerprint density at radius 2 is 2.17 bits per heavy atom. The quantitative estimate of drug-likeness (QED) is 0.879. The maximum absolute atomic E-state index is 13.6. The predicted molar refractivity (Wildman–Crippen MR) is 95.3 cm³/mol. The molecule has 0 fully saturated rings. The average molecular weight is 329 g/mol. The van der Waals surface area contributed by atoms with Gasteiger partial charge in [-0.25, -0.2) is 4.39 Å². The normalized spacial score (nSPS) is 18.3. The Bertz CT molecular complexity index is 761. The van der Waals surface area contributed by atoms with Crippen LogP contribution in [0.15, 0.2) is 30.5 Å². The van der Waals surface area contributed by atoms with Crippen LogP contribution in [0.5, 0.6) is 0 Å². The summed E-state index contributed by atoms with van der Waals surface area (Å²) < 4.78 is 15.8.